The number of carbonyl (C=O) groups is 1. The number of carbonyl (C=O) groups excluding carboxylic acids is 1. The minimum atomic E-state index is -0.0788. The number of oxazole rings is 1. The number of hydrogen-bond acceptors (Lipinski definition) is 4. The molecule has 0 spiro atoms. The maximum atomic E-state index is 11.6. The van der Waals surface area contributed by atoms with Crippen LogP contribution in [-0.4, -0.2) is 24.1 Å². The minimum Gasteiger partial charge on any atom is -0.423 e. The van der Waals surface area contributed by atoms with E-state index in [9.17, 15) is 4.79 Å². The van der Waals surface area contributed by atoms with Crippen LogP contribution in [0.3, 0.4) is 0 Å². The second-order valence-corrected chi connectivity index (χ2v) is 4.14. The van der Waals surface area contributed by atoms with Gasteiger partial charge in [-0.25, -0.2) is 0 Å². The first kappa shape index (κ1) is 10.3. The number of nitrogens with one attached hydrogen (secondary N) is 1. The molecule has 88 valence electrons. The molecule has 0 unspecified atom stereocenters. The zero-order valence-corrected chi connectivity index (χ0v) is 9.18. The molecular weight excluding hydrogens is 220 g/mol. The minimum absolute atomic E-state index is 0.0788. The maximum Gasteiger partial charge on any atom is 0.302 e. The summed E-state index contributed by atoms with van der Waals surface area (Å²) in [5.74, 6) is 0.254. The van der Waals surface area contributed by atoms with Gasteiger partial charge < -0.3 is 9.15 Å². The van der Waals surface area contributed by atoms with Crippen molar-refractivity contribution in [3.8, 4) is 0 Å². The van der Waals surface area contributed by atoms with E-state index in [0.717, 1.165) is 5.52 Å². The van der Waals surface area contributed by atoms with Crippen molar-refractivity contribution >= 4 is 23.0 Å². The fourth-order valence-electron chi connectivity index (χ4n) is 1.76. The molecule has 1 aromatic heterocycles. The van der Waals surface area contributed by atoms with Crippen molar-refractivity contribution in [1.82, 2.24) is 4.98 Å². The highest BCUT2D eigenvalue weighted by atomic mass is 16.5. The predicted molar refractivity (Wildman–Crippen MR) is 61.6 cm³/mol. The number of fused-ring (bicyclic) bond motifs is 1. The molecule has 0 aliphatic carbocycles. The third kappa shape index (κ3) is 2.14. The molecule has 1 fully saturated rings. The molecule has 5 heteroatoms. The molecule has 0 bridgehead atoms. The van der Waals surface area contributed by atoms with Crippen LogP contribution in [0, 0.1) is 5.92 Å². The Morgan fingerprint density at radius 3 is 2.94 bits per heavy atom. The van der Waals surface area contributed by atoms with Crippen LogP contribution in [-0.2, 0) is 9.53 Å². The highest BCUT2D eigenvalue weighted by molar-refractivity contribution is 5.90. The fourth-order valence-corrected chi connectivity index (χ4v) is 1.76. The molecule has 0 saturated carbocycles. The quantitative estimate of drug-likeness (QED) is 0.876. The zero-order valence-electron chi connectivity index (χ0n) is 9.18. The zero-order chi connectivity index (χ0) is 11.7. The van der Waals surface area contributed by atoms with Gasteiger partial charge in [-0.15, -0.1) is 0 Å². The van der Waals surface area contributed by atoms with Crippen LogP contribution in [0.25, 0.3) is 11.1 Å². The normalized spacial score (nSPS) is 15.8. The van der Waals surface area contributed by atoms with Gasteiger partial charge in [0.25, 0.3) is 0 Å². The number of amides is 1. The van der Waals surface area contributed by atoms with Crippen LogP contribution < -0.4 is 5.32 Å². The van der Waals surface area contributed by atoms with Gasteiger partial charge in [-0.05, 0) is 12.1 Å². The van der Waals surface area contributed by atoms with Gasteiger partial charge >= 0.3 is 6.01 Å². The maximum absolute atomic E-state index is 11.6. The Bertz CT molecular complexity index is 512. The Labute approximate surface area is 97.8 Å². The lowest BCUT2D eigenvalue weighted by Crippen LogP contribution is -2.31. The summed E-state index contributed by atoms with van der Waals surface area (Å²) in [5.41, 5.74) is 1.42. The van der Waals surface area contributed by atoms with E-state index in [-0.39, 0.29) is 11.9 Å². The molecule has 0 atom stereocenters. The van der Waals surface area contributed by atoms with Gasteiger partial charge in [0.1, 0.15) is 5.52 Å². The number of ether oxygens (including phenoxy) is 1. The molecule has 1 saturated heterocycles. The van der Waals surface area contributed by atoms with Gasteiger partial charge in [-0.1, -0.05) is 12.1 Å². The van der Waals surface area contributed by atoms with Crippen molar-refractivity contribution in [3.05, 3.63) is 24.3 Å². The smallest absolute Gasteiger partial charge is 0.302 e. The number of nitrogens with zero attached hydrogens (tertiary/aromatic N) is 1. The summed E-state index contributed by atoms with van der Waals surface area (Å²) in [4.78, 5) is 15.8. The molecular formula is C12H12N2O3. The van der Waals surface area contributed by atoms with Gasteiger partial charge in [0, 0.05) is 12.3 Å². The summed E-state index contributed by atoms with van der Waals surface area (Å²) in [7, 11) is 0. The molecule has 2 heterocycles. The van der Waals surface area contributed by atoms with Crippen molar-refractivity contribution in [1.29, 1.82) is 0 Å². The number of aromatic nitrogens is 1. The average Bonchev–Trinajstić information content (AvgIpc) is 2.65. The summed E-state index contributed by atoms with van der Waals surface area (Å²) < 4.78 is 10.4. The van der Waals surface area contributed by atoms with Crippen LogP contribution in [0.15, 0.2) is 28.7 Å². The van der Waals surface area contributed by atoms with Gasteiger partial charge in [0.2, 0.25) is 5.91 Å². The lowest BCUT2D eigenvalue weighted by molar-refractivity contribution is -0.121. The first-order valence-corrected chi connectivity index (χ1v) is 5.54. The Morgan fingerprint density at radius 1 is 1.41 bits per heavy atom. The molecule has 1 N–H and O–H groups in total. The van der Waals surface area contributed by atoms with Gasteiger partial charge in [-0.3, -0.25) is 10.1 Å². The average molecular weight is 232 g/mol. The molecule has 5 nitrogen and oxygen atoms in total. The van der Waals surface area contributed by atoms with Gasteiger partial charge in [-0.2, -0.15) is 4.98 Å². The molecule has 2 aromatic rings. The lowest BCUT2D eigenvalue weighted by Gasteiger charge is -2.24. The Kier molecular flexibility index (Phi) is 2.53. The van der Waals surface area contributed by atoms with Crippen LogP contribution in [0.1, 0.15) is 6.42 Å². The molecule has 17 heavy (non-hydrogen) atoms. The highest BCUT2D eigenvalue weighted by Crippen LogP contribution is 2.19. The van der Waals surface area contributed by atoms with E-state index in [2.05, 4.69) is 10.3 Å². The highest BCUT2D eigenvalue weighted by Gasteiger charge is 2.22. The first-order valence-electron chi connectivity index (χ1n) is 5.54. The second kappa shape index (κ2) is 4.18. The fraction of sp³-hybridized carbons (Fsp3) is 0.333. The Balaban J connectivity index is 1.69. The molecule has 1 aliphatic heterocycles. The molecule has 1 amide bonds. The monoisotopic (exact) mass is 232 g/mol. The number of rotatable bonds is 3. The number of para-hydroxylation sites is 2. The van der Waals surface area contributed by atoms with Gasteiger partial charge in [0.15, 0.2) is 5.58 Å². The first-order chi connectivity index (χ1) is 8.31. The number of anilines is 1. The van der Waals surface area contributed by atoms with E-state index in [1.807, 2.05) is 24.3 Å². The second-order valence-electron chi connectivity index (χ2n) is 4.14. The van der Waals surface area contributed by atoms with Crippen LogP contribution in [0.5, 0.6) is 0 Å². The van der Waals surface area contributed by atoms with E-state index in [0.29, 0.717) is 31.1 Å². The SMILES string of the molecule is O=C(CC1COC1)Nc1nc2ccccc2o1. The van der Waals surface area contributed by atoms with Crippen molar-refractivity contribution in [2.45, 2.75) is 6.42 Å². The third-order valence-electron chi connectivity index (χ3n) is 2.72. The largest absolute Gasteiger partial charge is 0.423 e. The van der Waals surface area contributed by atoms with E-state index < -0.39 is 0 Å². The molecule has 1 aliphatic rings. The third-order valence-corrected chi connectivity index (χ3v) is 2.72. The van der Waals surface area contributed by atoms with Crippen molar-refractivity contribution in [3.63, 3.8) is 0 Å². The Morgan fingerprint density at radius 2 is 2.24 bits per heavy atom. The topological polar surface area (TPSA) is 64.4 Å². The van der Waals surface area contributed by atoms with E-state index in [1.54, 1.807) is 0 Å². The molecule has 0 radical (unpaired) electrons. The lowest BCUT2D eigenvalue weighted by atomic mass is 10.0. The predicted octanol–water partition coefficient (Wildman–Crippen LogP) is 1.80. The van der Waals surface area contributed by atoms with Gasteiger partial charge in [0.05, 0.1) is 13.2 Å². The van der Waals surface area contributed by atoms with Crippen LogP contribution in [0.2, 0.25) is 0 Å². The summed E-state index contributed by atoms with van der Waals surface area (Å²) in [6.07, 6.45) is 0.457. The van der Waals surface area contributed by atoms with Crippen molar-refractivity contribution in [2.75, 3.05) is 18.5 Å². The Hall–Kier alpha value is -1.88. The summed E-state index contributed by atoms with van der Waals surface area (Å²) in [5, 5.41) is 2.66. The van der Waals surface area contributed by atoms with E-state index in [1.165, 1.54) is 0 Å². The standard InChI is InChI=1S/C12H12N2O3/c15-11(5-8-6-16-7-8)14-12-13-9-3-1-2-4-10(9)17-12/h1-4,8H,5-7H2,(H,13,14,15). The van der Waals surface area contributed by atoms with Crippen molar-refractivity contribution < 1.29 is 13.9 Å². The summed E-state index contributed by atoms with van der Waals surface area (Å²) >= 11 is 0. The number of hydrogen-bond donors (Lipinski definition) is 1. The molecule has 3 rings (SSSR count). The summed E-state index contributed by atoms with van der Waals surface area (Å²) in [6, 6.07) is 7.66. The van der Waals surface area contributed by atoms with E-state index in [4.69, 9.17) is 9.15 Å². The van der Waals surface area contributed by atoms with E-state index >= 15 is 0 Å². The summed E-state index contributed by atoms with van der Waals surface area (Å²) in [6.45, 7) is 1.34. The van der Waals surface area contributed by atoms with Crippen molar-refractivity contribution in [2.24, 2.45) is 5.92 Å². The van der Waals surface area contributed by atoms with Crippen LogP contribution in [0.4, 0.5) is 6.01 Å². The molecule has 1 aromatic carbocycles. The number of benzene rings is 1. The van der Waals surface area contributed by atoms with Crippen LogP contribution >= 0.6 is 0 Å².